The molecular formula is C23H27N5OS. The zero-order valence-electron chi connectivity index (χ0n) is 17.7. The minimum Gasteiger partial charge on any atom is -0.339 e. The quantitative estimate of drug-likeness (QED) is 0.591. The van der Waals surface area contributed by atoms with Gasteiger partial charge in [-0.3, -0.25) is 9.36 Å². The van der Waals surface area contributed by atoms with Gasteiger partial charge in [0.1, 0.15) is 0 Å². The maximum Gasteiger partial charge on any atom is 0.233 e. The first kappa shape index (κ1) is 20.6. The molecule has 1 aliphatic rings. The lowest BCUT2D eigenvalue weighted by molar-refractivity contribution is -0.129. The molecule has 0 radical (unpaired) electrons. The van der Waals surface area contributed by atoms with Crippen molar-refractivity contribution in [2.45, 2.75) is 19.0 Å². The Morgan fingerprint density at radius 3 is 2.40 bits per heavy atom. The molecule has 1 saturated heterocycles. The lowest BCUT2D eigenvalue weighted by Crippen LogP contribution is -2.47. The predicted octanol–water partition coefficient (Wildman–Crippen LogP) is 3.42. The van der Waals surface area contributed by atoms with Crippen LogP contribution < -0.4 is 0 Å². The van der Waals surface area contributed by atoms with Crippen LogP contribution in [0.3, 0.4) is 0 Å². The van der Waals surface area contributed by atoms with Crippen LogP contribution in [0.2, 0.25) is 0 Å². The van der Waals surface area contributed by atoms with Crippen molar-refractivity contribution >= 4 is 17.7 Å². The number of aromatic nitrogens is 3. The van der Waals surface area contributed by atoms with Gasteiger partial charge in [0.25, 0.3) is 0 Å². The van der Waals surface area contributed by atoms with Crippen LogP contribution in [0, 0.1) is 13.8 Å². The number of benzene rings is 2. The minimum absolute atomic E-state index is 0.156. The second-order valence-corrected chi connectivity index (χ2v) is 8.76. The number of piperazine rings is 1. The van der Waals surface area contributed by atoms with Crippen LogP contribution in [0.4, 0.5) is 0 Å². The summed E-state index contributed by atoms with van der Waals surface area (Å²) < 4.78 is 2.05. The Labute approximate surface area is 181 Å². The molecule has 0 spiro atoms. The normalized spacial score (nSPS) is 14.8. The number of carbonyl (C=O) groups excluding carboxylic acids is 1. The topological polar surface area (TPSA) is 54.3 Å². The molecule has 1 amide bonds. The van der Waals surface area contributed by atoms with Crippen molar-refractivity contribution in [3.63, 3.8) is 0 Å². The van der Waals surface area contributed by atoms with Crippen LogP contribution in [0.5, 0.6) is 0 Å². The zero-order chi connectivity index (χ0) is 21.1. The molecule has 0 saturated carbocycles. The summed E-state index contributed by atoms with van der Waals surface area (Å²) >= 11 is 1.45. The summed E-state index contributed by atoms with van der Waals surface area (Å²) in [5.41, 5.74) is 4.38. The Morgan fingerprint density at radius 1 is 0.967 bits per heavy atom. The van der Waals surface area contributed by atoms with Crippen LogP contribution in [0.15, 0.2) is 53.7 Å². The van der Waals surface area contributed by atoms with E-state index in [2.05, 4.69) is 77.0 Å². The summed E-state index contributed by atoms with van der Waals surface area (Å²) in [6.45, 7) is 7.56. The first-order valence-corrected chi connectivity index (χ1v) is 11.2. The molecule has 6 nitrogen and oxygen atoms in total. The molecule has 0 bridgehead atoms. The van der Waals surface area contributed by atoms with Crippen molar-refractivity contribution < 1.29 is 4.79 Å². The molecule has 0 aliphatic carbocycles. The fourth-order valence-electron chi connectivity index (χ4n) is 3.53. The van der Waals surface area contributed by atoms with Crippen LogP contribution in [-0.4, -0.2) is 69.5 Å². The summed E-state index contributed by atoms with van der Waals surface area (Å²) in [7, 11) is 2.09. The molecule has 2 aromatic carbocycles. The van der Waals surface area contributed by atoms with Crippen LogP contribution in [-0.2, 0) is 4.79 Å². The largest absolute Gasteiger partial charge is 0.339 e. The van der Waals surface area contributed by atoms with E-state index in [-0.39, 0.29) is 5.91 Å². The fraction of sp³-hybridized carbons (Fsp3) is 0.348. The smallest absolute Gasteiger partial charge is 0.233 e. The highest BCUT2D eigenvalue weighted by Crippen LogP contribution is 2.28. The molecule has 0 atom stereocenters. The van der Waals surface area contributed by atoms with E-state index in [9.17, 15) is 4.79 Å². The van der Waals surface area contributed by atoms with Gasteiger partial charge in [0.05, 0.1) is 5.75 Å². The first-order valence-electron chi connectivity index (χ1n) is 10.2. The third-order valence-corrected chi connectivity index (χ3v) is 6.30. The molecule has 1 aromatic heterocycles. The first-order chi connectivity index (χ1) is 14.5. The van der Waals surface area contributed by atoms with E-state index in [1.165, 1.54) is 22.9 Å². The molecule has 0 N–H and O–H groups in total. The molecule has 2 heterocycles. The van der Waals surface area contributed by atoms with E-state index in [0.717, 1.165) is 48.4 Å². The molecule has 156 valence electrons. The van der Waals surface area contributed by atoms with E-state index in [1.54, 1.807) is 0 Å². The standard InChI is InChI=1S/C23H27N5OS/c1-17-7-9-20(10-8-17)28-22(19-6-4-5-18(2)15-19)24-25-23(28)30-16-21(29)27-13-11-26(3)12-14-27/h4-10,15H,11-14,16H2,1-3H3. The Balaban J connectivity index is 1.61. The van der Waals surface area contributed by atoms with Gasteiger partial charge in [0, 0.05) is 37.4 Å². The van der Waals surface area contributed by atoms with Crippen molar-refractivity contribution in [2.75, 3.05) is 39.0 Å². The van der Waals surface area contributed by atoms with Crippen LogP contribution >= 0.6 is 11.8 Å². The fourth-order valence-corrected chi connectivity index (χ4v) is 4.39. The second kappa shape index (κ2) is 9.02. The summed E-state index contributed by atoms with van der Waals surface area (Å²) in [4.78, 5) is 16.9. The number of amides is 1. The van der Waals surface area contributed by atoms with E-state index in [4.69, 9.17) is 0 Å². The van der Waals surface area contributed by atoms with Gasteiger partial charge in [-0.15, -0.1) is 10.2 Å². The maximum atomic E-state index is 12.7. The third kappa shape index (κ3) is 4.57. The average molecular weight is 422 g/mol. The monoisotopic (exact) mass is 421 g/mol. The van der Waals surface area contributed by atoms with Gasteiger partial charge in [0.15, 0.2) is 11.0 Å². The Morgan fingerprint density at radius 2 is 1.70 bits per heavy atom. The van der Waals surface area contributed by atoms with Gasteiger partial charge >= 0.3 is 0 Å². The summed E-state index contributed by atoms with van der Waals surface area (Å²) in [5.74, 6) is 1.31. The van der Waals surface area contributed by atoms with Gasteiger partial charge in [-0.1, -0.05) is 53.2 Å². The number of nitrogens with zero attached hydrogens (tertiary/aromatic N) is 5. The van der Waals surface area contributed by atoms with Crippen molar-refractivity contribution in [1.82, 2.24) is 24.6 Å². The molecule has 3 aromatic rings. The highest BCUT2D eigenvalue weighted by molar-refractivity contribution is 7.99. The van der Waals surface area contributed by atoms with E-state index in [0.29, 0.717) is 5.75 Å². The van der Waals surface area contributed by atoms with Gasteiger partial charge in [-0.05, 0) is 39.1 Å². The number of aryl methyl sites for hydroxylation is 2. The van der Waals surface area contributed by atoms with E-state index in [1.807, 2.05) is 17.0 Å². The molecule has 4 rings (SSSR count). The molecule has 0 unspecified atom stereocenters. The van der Waals surface area contributed by atoms with E-state index < -0.39 is 0 Å². The number of rotatable bonds is 5. The molecular weight excluding hydrogens is 394 g/mol. The number of hydrogen-bond acceptors (Lipinski definition) is 5. The maximum absolute atomic E-state index is 12.7. The summed E-state index contributed by atoms with van der Waals surface area (Å²) in [6.07, 6.45) is 0. The lowest BCUT2D eigenvalue weighted by Gasteiger charge is -2.32. The predicted molar refractivity (Wildman–Crippen MR) is 121 cm³/mol. The second-order valence-electron chi connectivity index (χ2n) is 7.82. The van der Waals surface area contributed by atoms with Gasteiger partial charge in [-0.25, -0.2) is 0 Å². The molecule has 1 aliphatic heterocycles. The van der Waals surface area contributed by atoms with Gasteiger partial charge in [-0.2, -0.15) is 0 Å². The Bertz CT molecular complexity index is 1020. The summed E-state index contributed by atoms with van der Waals surface area (Å²) in [6, 6.07) is 16.6. The highest BCUT2D eigenvalue weighted by atomic mass is 32.2. The van der Waals surface area contributed by atoms with E-state index >= 15 is 0 Å². The third-order valence-electron chi connectivity index (χ3n) is 5.38. The molecule has 30 heavy (non-hydrogen) atoms. The average Bonchev–Trinajstić information content (AvgIpc) is 3.17. The highest BCUT2D eigenvalue weighted by Gasteiger charge is 2.21. The lowest BCUT2D eigenvalue weighted by atomic mass is 10.1. The number of carbonyl (C=O) groups is 1. The van der Waals surface area contributed by atoms with Gasteiger partial charge in [0.2, 0.25) is 5.91 Å². The van der Waals surface area contributed by atoms with Crippen molar-refractivity contribution in [3.05, 3.63) is 59.7 Å². The van der Waals surface area contributed by atoms with Crippen molar-refractivity contribution in [2.24, 2.45) is 0 Å². The Kier molecular flexibility index (Phi) is 6.20. The van der Waals surface area contributed by atoms with Crippen molar-refractivity contribution in [1.29, 1.82) is 0 Å². The summed E-state index contributed by atoms with van der Waals surface area (Å²) in [5, 5.41) is 9.67. The number of hydrogen-bond donors (Lipinski definition) is 0. The zero-order valence-corrected chi connectivity index (χ0v) is 18.5. The number of likely N-dealkylation sites (N-methyl/N-ethyl adjacent to an activating group) is 1. The van der Waals surface area contributed by atoms with Crippen LogP contribution in [0.25, 0.3) is 17.1 Å². The SMILES string of the molecule is Cc1ccc(-n2c(SCC(=O)N3CCN(C)CC3)nnc2-c2cccc(C)c2)cc1. The van der Waals surface area contributed by atoms with Crippen molar-refractivity contribution in [3.8, 4) is 17.1 Å². The molecule has 7 heteroatoms. The molecule has 1 fully saturated rings. The van der Waals surface area contributed by atoms with Gasteiger partial charge < -0.3 is 9.80 Å². The minimum atomic E-state index is 0.156. The Hall–Kier alpha value is -2.64. The van der Waals surface area contributed by atoms with Crippen LogP contribution in [0.1, 0.15) is 11.1 Å². The number of thioether (sulfide) groups is 1.